The maximum atomic E-state index is 13.5. The lowest BCUT2D eigenvalue weighted by Gasteiger charge is -2.23. The van der Waals surface area contributed by atoms with Gasteiger partial charge >= 0.3 is 11.9 Å². The molecule has 0 aliphatic rings. The SMILES string of the molecule is CCOc1c(OC)cc(C(=O)Oc2ccc(C(O)CNC(C)(C)C)cc2OC(=O)c2cc(OC)c(OCC)c(OC)c2)cc1OC. The molecule has 0 radical (unpaired) electrons. The monoisotopic (exact) mass is 641 g/mol. The van der Waals surface area contributed by atoms with Crippen LogP contribution < -0.4 is 43.2 Å². The van der Waals surface area contributed by atoms with Crippen LogP contribution in [0.1, 0.15) is 67.0 Å². The molecule has 1 atom stereocenters. The number of carbonyl (C=O) groups is 2. The Morgan fingerprint density at radius 3 is 1.46 bits per heavy atom. The van der Waals surface area contributed by atoms with Gasteiger partial charge in [-0.1, -0.05) is 6.07 Å². The van der Waals surface area contributed by atoms with Gasteiger partial charge in [0.2, 0.25) is 11.5 Å². The smallest absolute Gasteiger partial charge is 0.343 e. The average Bonchev–Trinajstić information content (AvgIpc) is 3.04. The van der Waals surface area contributed by atoms with Crippen molar-refractivity contribution in [2.45, 2.75) is 46.3 Å². The summed E-state index contributed by atoms with van der Waals surface area (Å²) in [6.07, 6.45) is -0.966. The van der Waals surface area contributed by atoms with Crippen molar-refractivity contribution in [3.8, 4) is 46.0 Å². The van der Waals surface area contributed by atoms with Crippen LogP contribution in [0.5, 0.6) is 46.0 Å². The molecule has 46 heavy (non-hydrogen) atoms. The molecule has 1 unspecified atom stereocenters. The van der Waals surface area contributed by atoms with Crippen LogP contribution in [-0.4, -0.2) is 70.8 Å². The van der Waals surface area contributed by atoms with Gasteiger partial charge in [-0.05, 0) is 76.6 Å². The molecule has 3 aromatic rings. The van der Waals surface area contributed by atoms with Gasteiger partial charge in [-0.3, -0.25) is 0 Å². The fourth-order valence-electron chi connectivity index (χ4n) is 4.30. The summed E-state index contributed by atoms with van der Waals surface area (Å²) in [5, 5.41) is 14.1. The molecule has 12 heteroatoms. The Morgan fingerprint density at radius 1 is 0.674 bits per heavy atom. The van der Waals surface area contributed by atoms with Crippen molar-refractivity contribution in [3.63, 3.8) is 0 Å². The zero-order chi connectivity index (χ0) is 34.0. The van der Waals surface area contributed by atoms with Gasteiger partial charge in [0.1, 0.15) is 0 Å². The van der Waals surface area contributed by atoms with Crippen molar-refractivity contribution >= 4 is 11.9 Å². The highest BCUT2D eigenvalue weighted by Crippen LogP contribution is 2.41. The summed E-state index contributed by atoms with van der Waals surface area (Å²) < 4.78 is 44.4. The molecular weight excluding hydrogens is 598 g/mol. The van der Waals surface area contributed by atoms with Gasteiger partial charge in [0, 0.05) is 12.1 Å². The van der Waals surface area contributed by atoms with Gasteiger partial charge in [0.25, 0.3) is 0 Å². The van der Waals surface area contributed by atoms with Crippen LogP contribution in [0.2, 0.25) is 0 Å². The van der Waals surface area contributed by atoms with E-state index in [0.717, 1.165) is 0 Å². The Morgan fingerprint density at radius 2 is 1.09 bits per heavy atom. The number of β-amino-alcohol motifs (C(OH)–C–C–N with tert-alkyl or cyclic N) is 1. The van der Waals surface area contributed by atoms with E-state index in [4.69, 9.17) is 37.9 Å². The minimum absolute atomic E-state index is 0.0743. The lowest BCUT2D eigenvalue weighted by Crippen LogP contribution is -2.38. The number of hydrogen-bond acceptors (Lipinski definition) is 12. The van der Waals surface area contributed by atoms with E-state index in [1.54, 1.807) is 6.07 Å². The fraction of sp³-hybridized carbons (Fsp3) is 0.412. The number of carbonyl (C=O) groups excluding carboxylic acids is 2. The molecule has 2 N–H and O–H groups in total. The lowest BCUT2D eigenvalue weighted by molar-refractivity contribution is 0.0680. The summed E-state index contributed by atoms with van der Waals surface area (Å²) in [4.78, 5) is 26.9. The first-order chi connectivity index (χ1) is 21.9. The first-order valence-electron chi connectivity index (χ1n) is 14.7. The Hall–Kier alpha value is -4.68. The van der Waals surface area contributed by atoms with Crippen LogP contribution >= 0.6 is 0 Å². The molecule has 0 aromatic heterocycles. The molecule has 0 aliphatic heterocycles. The minimum Gasteiger partial charge on any atom is -0.493 e. The van der Waals surface area contributed by atoms with E-state index < -0.39 is 18.0 Å². The molecular formula is C34H43NO11. The molecule has 250 valence electrons. The second-order valence-electron chi connectivity index (χ2n) is 10.9. The summed E-state index contributed by atoms with van der Waals surface area (Å²) in [6, 6.07) is 10.3. The van der Waals surface area contributed by atoms with Gasteiger partial charge in [0.05, 0.1) is 58.9 Å². The Kier molecular flexibility index (Phi) is 12.5. The third kappa shape index (κ3) is 8.95. The second kappa shape index (κ2) is 16.1. The van der Waals surface area contributed by atoms with Crippen molar-refractivity contribution in [1.29, 1.82) is 0 Å². The molecule has 3 aromatic carbocycles. The van der Waals surface area contributed by atoms with Gasteiger partial charge in [-0.25, -0.2) is 9.59 Å². The minimum atomic E-state index is -0.966. The highest BCUT2D eigenvalue weighted by Gasteiger charge is 2.24. The van der Waals surface area contributed by atoms with E-state index in [-0.39, 0.29) is 57.7 Å². The average molecular weight is 642 g/mol. The first-order valence-corrected chi connectivity index (χ1v) is 14.7. The van der Waals surface area contributed by atoms with E-state index in [1.165, 1.54) is 64.8 Å². The highest BCUT2D eigenvalue weighted by molar-refractivity contribution is 5.95. The molecule has 3 rings (SSSR count). The molecule has 0 bridgehead atoms. The third-order valence-corrected chi connectivity index (χ3v) is 6.55. The number of aliphatic hydroxyl groups excluding tert-OH is 1. The lowest BCUT2D eigenvalue weighted by atomic mass is 10.1. The summed E-state index contributed by atoms with van der Waals surface area (Å²) in [6.45, 7) is 10.4. The third-order valence-electron chi connectivity index (χ3n) is 6.55. The van der Waals surface area contributed by atoms with E-state index in [2.05, 4.69) is 5.32 Å². The van der Waals surface area contributed by atoms with Gasteiger partial charge in [-0.15, -0.1) is 0 Å². The first kappa shape index (κ1) is 35.8. The van der Waals surface area contributed by atoms with E-state index >= 15 is 0 Å². The standard InChI is InChI=1S/C34H43NO11/c1-10-43-30-26(39-6)15-21(16-27(30)40-7)32(37)45-24-13-12-20(23(36)19-35-34(3,4)5)14-25(24)46-33(38)22-17-28(41-8)31(44-11-2)29(18-22)42-9/h12-18,23,35-36H,10-11,19H2,1-9H3. The van der Waals surface area contributed by atoms with Crippen LogP contribution in [0.15, 0.2) is 42.5 Å². The van der Waals surface area contributed by atoms with Crippen molar-refractivity contribution in [2.24, 2.45) is 0 Å². The van der Waals surface area contributed by atoms with Gasteiger partial charge in [0.15, 0.2) is 34.5 Å². The number of benzene rings is 3. The van der Waals surface area contributed by atoms with Gasteiger partial charge < -0.3 is 48.3 Å². The number of aliphatic hydroxyl groups is 1. The zero-order valence-corrected chi connectivity index (χ0v) is 27.8. The fourth-order valence-corrected chi connectivity index (χ4v) is 4.30. The molecule has 0 saturated heterocycles. The largest absolute Gasteiger partial charge is 0.493 e. The van der Waals surface area contributed by atoms with Crippen LogP contribution in [0.4, 0.5) is 0 Å². The van der Waals surface area contributed by atoms with Crippen LogP contribution in [0.3, 0.4) is 0 Å². The van der Waals surface area contributed by atoms with Crippen molar-refractivity contribution < 1.29 is 52.6 Å². The molecule has 0 fully saturated rings. The predicted octanol–water partition coefficient (Wildman–Crippen LogP) is 5.38. The number of ether oxygens (including phenoxy) is 8. The normalized spacial score (nSPS) is 11.7. The molecule has 0 amide bonds. The highest BCUT2D eigenvalue weighted by atomic mass is 16.6. The second-order valence-corrected chi connectivity index (χ2v) is 10.9. The quantitative estimate of drug-likeness (QED) is 0.163. The number of hydrogen-bond donors (Lipinski definition) is 2. The maximum Gasteiger partial charge on any atom is 0.343 e. The van der Waals surface area contributed by atoms with Crippen LogP contribution in [0.25, 0.3) is 0 Å². The molecule has 0 saturated carbocycles. The van der Waals surface area contributed by atoms with E-state index in [0.29, 0.717) is 30.3 Å². The Balaban J connectivity index is 2.03. The number of nitrogens with one attached hydrogen (secondary N) is 1. The Bertz CT molecular complexity index is 1460. The summed E-state index contributed by atoms with van der Waals surface area (Å²) in [7, 11) is 5.75. The number of methoxy groups -OCH3 is 4. The molecule has 0 spiro atoms. The topological polar surface area (TPSA) is 140 Å². The van der Waals surface area contributed by atoms with E-state index in [1.807, 2.05) is 34.6 Å². The Labute approximate surface area is 269 Å². The van der Waals surface area contributed by atoms with Crippen molar-refractivity contribution in [3.05, 3.63) is 59.2 Å². The van der Waals surface area contributed by atoms with E-state index in [9.17, 15) is 14.7 Å². The summed E-state index contributed by atoms with van der Waals surface area (Å²) >= 11 is 0. The zero-order valence-electron chi connectivity index (χ0n) is 27.8. The molecule has 12 nitrogen and oxygen atoms in total. The van der Waals surface area contributed by atoms with Crippen LogP contribution in [-0.2, 0) is 0 Å². The van der Waals surface area contributed by atoms with Crippen molar-refractivity contribution in [1.82, 2.24) is 5.32 Å². The van der Waals surface area contributed by atoms with Crippen molar-refractivity contribution in [2.75, 3.05) is 48.2 Å². The number of esters is 2. The molecule has 0 heterocycles. The summed E-state index contributed by atoms with van der Waals surface area (Å²) in [5.74, 6) is -0.0577. The maximum absolute atomic E-state index is 13.5. The number of rotatable bonds is 15. The summed E-state index contributed by atoms with van der Waals surface area (Å²) in [5.41, 5.74) is 0.340. The predicted molar refractivity (Wildman–Crippen MR) is 171 cm³/mol. The van der Waals surface area contributed by atoms with Gasteiger partial charge in [-0.2, -0.15) is 0 Å². The molecule has 0 aliphatic carbocycles. The van der Waals surface area contributed by atoms with Crippen LogP contribution in [0, 0.1) is 0 Å².